The number of Topliss-reactive ketones (excluding diaryl/α,β-unsaturated/α-hetero) is 1. The molecule has 0 bridgehead atoms. The molecule has 5 rings (SSSR count). The Hall–Kier alpha value is -3.48. The van der Waals surface area contributed by atoms with Gasteiger partial charge in [-0.05, 0) is 41.2 Å². The summed E-state index contributed by atoms with van der Waals surface area (Å²) in [6, 6.07) is 11.1. The van der Waals surface area contributed by atoms with Crippen LogP contribution in [-0.2, 0) is 9.59 Å². The van der Waals surface area contributed by atoms with Crippen LogP contribution in [0.1, 0.15) is 43.7 Å². The van der Waals surface area contributed by atoms with Crippen LogP contribution in [0.5, 0.6) is 17.2 Å². The quantitative estimate of drug-likeness (QED) is 0.768. The Morgan fingerprint density at radius 2 is 1.87 bits per heavy atom. The lowest BCUT2D eigenvalue weighted by atomic mass is 9.68. The Balaban J connectivity index is 1.60. The lowest BCUT2D eigenvalue weighted by Gasteiger charge is -2.39. The van der Waals surface area contributed by atoms with Crippen molar-refractivity contribution in [3.05, 3.63) is 58.8 Å². The molecule has 2 heterocycles. The number of carbonyl (C=O) groups excluding carboxylic acids is 1. The standard InChI is InChI=1S/C24H23NO6/c1-24(2)9-17-23(18(26)10-24)22(13-3-5-14(6-4-13)29-11-21(27)28)15-7-19-20(31-12-30-19)8-16(15)25-17/h3-8,22,25H,9-12H2,1-2H3,(H,27,28). The first-order valence-electron chi connectivity index (χ1n) is 10.2. The molecule has 0 aromatic heterocycles. The molecular formula is C24H23NO6. The van der Waals surface area contributed by atoms with Crippen molar-refractivity contribution in [2.24, 2.45) is 5.41 Å². The Morgan fingerprint density at radius 1 is 1.16 bits per heavy atom. The smallest absolute Gasteiger partial charge is 0.341 e. The SMILES string of the molecule is CC1(C)CC(=O)C2=C(C1)Nc1cc3c(cc1C2c1ccc(OCC(=O)O)cc1)OCO3. The Labute approximate surface area is 179 Å². The number of benzene rings is 2. The van der Waals surface area contributed by atoms with E-state index in [-0.39, 0.29) is 23.9 Å². The maximum Gasteiger partial charge on any atom is 0.341 e. The van der Waals surface area contributed by atoms with Crippen LogP contribution >= 0.6 is 0 Å². The molecule has 7 nitrogen and oxygen atoms in total. The summed E-state index contributed by atoms with van der Waals surface area (Å²) in [6.45, 7) is 3.99. The van der Waals surface area contributed by atoms with E-state index >= 15 is 0 Å². The molecule has 1 aliphatic carbocycles. The highest BCUT2D eigenvalue weighted by Crippen LogP contribution is 2.51. The van der Waals surface area contributed by atoms with Gasteiger partial charge in [-0.1, -0.05) is 26.0 Å². The lowest BCUT2D eigenvalue weighted by molar-refractivity contribution is -0.139. The van der Waals surface area contributed by atoms with Gasteiger partial charge in [-0.2, -0.15) is 0 Å². The molecule has 2 aliphatic heterocycles. The maximum atomic E-state index is 13.3. The zero-order valence-electron chi connectivity index (χ0n) is 17.4. The molecular weight excluding hydrogens is 398 g/mol. The summed E-state index contributed by atoms with van der Waals surface area (Å²) in [5.74, 6) is 0.678. The lowest BCUT2D eigenvalue weighted by Crippen LogP contribution is -2.33. The minimum Gasteiger partial charge on any atom is -0.482 e. The van der Waals surface area contributed by atoms with Crippen LogP contribution in [0.3, 0.4) is 0 Å². The van der Waals surface area contributed by atoms with Gasteiger partial charge in [0.15, 0.2) is 23.9 Å². The van der Waals surface area contributed by atoms with E-state index in [4.69, 9.17) is 19.3 Å². The van der Waals surface area contributed by atoms with Crippen molar-refractivity contribution in [2.45, 2.75) is 32.6 Å². The van der Waals surface area contributed by atoms with Crippen molar-refractivity contribution in [1.82, 2.24) is 0 Å². The van der Waals surface area contributed by atoms with Gasteiger partial charge in [-0.15, -0.1) is 0 Å². The number of carboxylic acids is 1. The van der Waals surface area contributed by atoms with E-state index in [1.165, 1.54) is 0 Å². The highest BCUT2D eigenvalue weighted by Gasteiger charge is 2.41. The summed E-state index contributed by atoms with van der Waals surface area (Å²) in [4.78, 5) is 24.0. The topological polar surface area (TPSA) is 94.1 Å². The van der Waals surface area contributed by atoms with Crippen LogP contribution in [0.15, 0.2) is 47.7 Å². The normalized spacial score (nSPS) is 20.6. The van der Waals surface area contributed by atoms with E-state index in [0.717, 1.165) is 34.5 Å². The summed E-state index contributed by atoms with van der Waals surface area (Å²) < 4.78 is 16.4. The van der Waals surface area contributed by atoms with Gasteiger partial charge >= 0.3 is 5.97 Å². The molecule has 31 heavy (non-hydrogen) atoms. The Kier molecular flexibility index (Phi) is 4.43. The minimum absolute atomic E-state index is 0.115. The zero-order valence-corrected chi connectivity index (χ0v) is 17.4. The number of rotatable bonds is 4. The number of ether oxygens (including phenoxy) is 3. The van der Waals surface area contributed by atoms with Gasteiger partial charge in [0.2, 0.25) is 6.79 Å². The van der Waals surface area contributed by atoms with Crippen LogP contribution in [0, 0.1) is 5.41 Å². The number of fused-ring (bicyclic) bond motifs is 2. The largest absolute Gasteiger partial charge is 0.482 e. The fourth-order valence-electron chi connectivity index (χ4n) is 4.65. The fraction of sp³-hybridized carbons (Fsp3) is 0.333. The summed E-state index contributed by atoms with van der Waals surface area (Å²) in [7, 11) is 0. The van der Waals surface area contributed by atoms with Gasteiger partial charge in [0.1, 0.15) is 5.75 Å². The van der Waals surface area contributed by atoms with Gasteiger partial charge in [0.05, 0.1) is 0 Å². The fourth-order valence-corrected chi connectivity index (χ4v) is 4.65. The average molecular weight is 421 g/mol. The number of allylic oxidation sites excluding steroid dienone is 2. The Bertz CT molecular complexity index is 1120. The van der Waals surface area contributed by atoms with E-state index in [9.17, 15) is 9.59 Å². The molecule has 0 amide bonds. The minimum atomic E-state index is -1.03. The second-order valence-corrected chi connectivity index (χ2v) is 8.94. The molecule has 0 saturated heterocycles. The van der Waals surface area contributed by atoms with Crippen LogP contribution in [0.25, 0.3) is 0 Å². The Morgan fingerprint density at radius 3 is 2.58 bits per heavy atom. The third kappa shape index (κ3) is 3.50. The monoisotopic (exact) mass is 421 g/mol. The molecule has 2 aromatic carbocycles. The van der Waals surface area contributed by atoms with Crippen LogP contribution in [0.4, 0.5) is 5.69 Å². The van der Waals surface area contributed by atoms with Crippen LogP contribution in [-0.4, -0.2) is 30.3 Å². The predicted molar refractivity (Wildman–Crippen MR) is 113 cm³/mol. The van der Waals surface area contributed by atoms with Crippen molar-refractivity contribution in [3.63, 3.8) is 0 Å². The second kappa shape index (κ2) is 7.04. The zero-order chi connectivity index (χ0) is 21.8. The summed E-state index contributed by atoms with van der Waals surface area (Å²) >= 11 is 0. The third-order valence-electron chi connectivity index (χ3n) is 5.93. The van der Waals surface area contributed by atoms with Gasteiger partial charge in [-0.25, -0.2) is 4.79 Å². The first-order valence-corrected chi connectivity index (χ1v) is 10.2. The summed E-state index contributed by atoms with van der Waals surface area (Å²) in [5.41, 5.74) is 4.41. The molecule has 1 unspecified atom stereocenters. The molecule has 160 valence electrons. The van der Waals surface area contributed by atoms with Crippen LogP contribution in [0.2, 0.25) is 0 Å². The first kappa shape index (κ1) is 19.5. The summed E-state index contributed by atoms with van der Waals surface area (Å²) in [6.07, 6.45) is 1.27. The van der Waals surface area contributed by atoms with E-state index in [0.29, 0.717) is 23.7 Å². The first-order chi connectivity index (χ1) is 14.8. The maximum absolute atomic E-state index is 13.3. The highest BCUT2D eigenvalue weighted by molar-refractivity contribution is 6.01. The number of hydrogen-bond acceptors (Lipinski definition) is 6. The number of carboxylic acid groups (broad SMARTS) is 1. The van der Waals surface area contributed by atoms with Crippen molar-refractivity contribution in [3.8, 4) is 17.2 Å². The molecule has 0 fully saturated rings. The molecule has 2 N–H and O–H groups in total. The number of carbonyl (C=O) groups is 2. The number of hydrogen-bond donors (Lipinski definition) is 2. The van der Waals surface area contributed by atoms with E-state index in [1.54, 1.807) is 12.1 Å². The number of anilines is 1. The number of aliphatic carboxylic acids is 1. The van der Waals surface area contributed by atoms with Gasteiger partial charge in [0, 0.05) is 35.4 Å². The van der Waals surface area contributed by atoms with Gasteiger partial charge in [-0.3, -0.25) is 4.79 Å². The van der Waals surface area contributed by atoms with Gasteiger partial charge in [0.25, 0.3) is 0 Å². The number of nitrogens with one attached hydrogen (secondary N) is 1. The number of ketones is 1. The molecule has 7 heteroatoms. The van der Waals surface area contributed by atoms with E-state index < -0.39 is 12.6 Å². The van der Waals surface area contributed by atoms with E-state index in [1.807, 2.05) is 24.3 Å². The third-order valence-corrected chi connectivity index (χ3v) is 5.93. The van der Waals surface area contributed by atoms with Crippen LogP contribution < -0.4 is 19.5 Å². The molecule has 0 saturated carbocycles. The highest BCUT2D eigenvalue weighted by atomic mass is 16.7. The van der Waals surface area contributed by atoms with Crippen molar-refractivity contribution in [2.75, 3.05) is 18.7 Å². The molecule has 3 aliphatic rings. The summed E-state index contributed by atoms with van der Waals surface area (Å²) in [5, 5.41) is 12.3. The molecule has 2 aromatic rings. The molecule has 0 spiro atoms. The van der Waals surface area contributed by atoms with E-state index in [2.05, 4.69) is 19.2 Å². The van der Waals surface area contributed by atoms with Crippen molar-refractivity contribution >= 4 is 17.4 Å². The average Bonchev–Trinajstić information content (AvgIpc) is 3.16. The molecule has 1 atom stereocenters. The molecule has 0 radical (unpaired) electrons. The van der Waals surface area contributed by atoms with Crippen molar-refractivity contribution < 1.29 is 28.9 Å². The predicted octanol–water partition coefficient (Wildman–Crippen LogP) is 4.08. The van der Waals surface area contributed by atoms with Gasteiger partial charge < -0.3 is 24.6 Å². The van der Waals surface area contributed by atoms with Crippen molar-refractivity contribution in [1.29, 1.82) is 0 Å². The second-order valence-electron chi connectivity index (χ2n) is 8.94.